The molecule has 1 saturated heterocycles. The van der Waals surface area contributed by atoms with Crippen molar-refractivity contribution in [1.82, 2.24) is 34.7 Å². The quantitative estimate of drug-likeness (QED) is 0.197. The first-order chi connectivity index (χ1) is 21.6. The van der Waals surface area contributed by atoms with E-state index in [9.17, 15) is 0 Å². The maximum Gasteiger partial charge on any atom is 0.232 e. The Morgan fingerprint density at radius 1 is 0.932 bits per heavy atom. The van der Waals surface area contributed by atoms with Crippen LogP contribution in [0.1, 0.15) is 11.4 Å². The molecule has 0 bridgehead atoms. The van der Waals surface area contributed by atoms with Crippen molar-refractivity contribution in [3.63, 3.8) is 0 Å². The van der Waals surface area contributed by atoms with Crippen LogP contribution >= 0.6 is 0 Å². The number of methoxy groups -OCH3 is 1. The van der Waals surface area contributed by atoms with Crippen molar-refractivity contribution in [2.45, 2.75) is 13.2 Å². The van der Waals surface area contributed by atoms with E-state index in [-0.39, 0.29) is 13.2 Å². The van der Waals surface area contributed by atoms with E-state index in [1.54, 1.807) is 43.9 Å². The fourth-order valence-electron chi connectivity index (χ4n) is 5.04. The van der Waals surface area contributed by atoms with Gasteiger partial charge < -0.3 is 29.4 Å². The number of piperazine rings is 1. The van der Waals surface area contributed by atoms with E-state index < -0.39 is 5.82 Å². The van der Waals surface area contributed by atoms with Crippen molar-refractivity contribution in [3.8, 4) is 22.8 Å². The molecular weight excluding hydrogens is 563 g/mol. The summed E-state index contributed by atoms with van der Waals surface area (Å²) in [6.07, 6.45) is 4.97. The predicted molar refractivity (Wildman–Crippen MR) is 166 cm³/mol. The van der Waals surface area contributed by atoms with Crippen molar-refractivity contribution in [3.05, 3.63) is 84.3 Å². The Kier molecular flexibility index (Phi) is 9.20. The van der Waals surface area contributed by atoms with Crippen LogP contribution in [0.25, 0.3) is 22.2 Å². The zero-order valence-electron chi connectivity index (χ0n) is 24.8. The first-order valence-electron chi connectivity index (χ1n) is 14.5. The fourth-order valence-corrected chi connectivity index (χ4v) is 5.04. The third-order valence-electron chi connectivity index (χ3n) is 7.45. The number of aromatic amines is 1. The zero-order chi connectivity index (χ0) is 30.3. The number of hydrogen-bond donors (Lipinski definition) is 2. The lowest BCUT2D eigenvalue weighted by molar-refractivity contribution is 0.144. The highest BCUT2D eigenvalue weighted by Gasteiger charge is 2.20. The molecule has 44 heavy (non-hydrogen) atoms. The predicted octanol–water partition coefficient (Wildman–Crippen LogP) is 4.65. The molecule has 12 heteroatoms. The molecule has 1 fully saturated rings. The van der Waals surface area contributed by atoms with E-state index in [2.05, 4.69) is 59.2 Å². The zero-order valence-corrected chi connectivity index (χ0v) is 24.8. The number of rotatable bonds is 12. The number of fused-ring (bicyclic) bond motifs is 1. The molecule has 11 nitrogen and oxygen atoms in total. The second-order valence-electron chi connectivity index (χ2n) is 10.6. The Bertz CT molecular complexity index is 1680. The molecule has 6 rings (SSSR count). The van der Waals surface area contributed by atoms with Gasteiger partial charge in [0.15, 0.2) is 5.82 Å². The van der Waals surface area contributed by atoms with Crippen molar-refractivity contribution >= 4 is 22.7 Å². The molecule has 2 N–H and O–H groups in total. The van der Waals surface area contributed by atoms with E-state index in [0.29, 0.717) is 52.2 Å². The number of nitrogens with one attached hydrogen (secondary N) is 2. The van der Waals surface area contributed by atoms with Gasteiger partial charge in [0.2, 0.25) is 11.8 Å². The number of ether oxygens (including phenoxy) is 3. The monoisotopic (exact) mass is 598 g/mol. The smallest absolute Gasteiger partial charge is 0.232 e. The largest absolute Gasteiger partial charge is 0.486 e. The summed E-state index contributed by atoms with van der Waals surface area (Å²) in [5.41, 5.74) is 3.54. The highest BCUT2D eigenvalue weighted by atomic mass is 19.1. The lowest BCUT2D eigenvalue weighted by Crippen LogP contribution is -2.43. The summed E-state index contributed by atoms with van der Waals surface area (Å²) in [7, 11) is 3.76. The topological polar surface area (TPSA) is 114 Å². The van der Waals surface area contributed by atoms with Gasteiger partial charge in [0.1, 0.15) is 30.4 Å². The lowest BCUT2D eigenvalue weighted by Gasteiger charge is -2.32. The standard InChI is InChI=1S/C32H35FN8O3/c1-40-12-14-41(15-13-40)20-22-4-6-23(7-5-22)37-32-38-30-29(31(39-32)43-17-16-42-2)26(19-36-30)25-9-8-24(18-27(25)33)44-21-28-34-10-3-11-35-28/h3-11,18-19H,12-17,20-21H2,1-2H3,(H2,36,37,38,39). The molecule has 5 aromatic rings. The van der Waals surface area contributed by atoms with Gasteiger partial charge in [0.05, 0.1) is 12.0 Å². The number of H-pyrrole nitrogens is 1. The van der Waals surface area contributed by atoms with Crippen LogP contribution in [0.4, 0.5) is 16.0 Å². The second kappa shape index (κ2) is 13.8. The summed E-state index contributed by atoms with van der Waals surface area (Å²) in [6.45, 7) is 6.01. The summed E-state index contributed by atoms with van der Waals surface area (Å²) >= 11 is 0. The Morgan fingerprint density at radius 3 is 2.48 bits per heavy atom. The van der Waals surface area contributed by atoms with Gasteiger partial charge >= 0.3 is 0 Å². The van der Waals surface area contributed by atoms with Gasteiger partial charge in [-0.1, -0.05) is 12.1 Å². The minimum atomic E-state index is -0.459. The fraction of sp³-hybridized carbons (Fsp3) is 0.312. The number of aromatic nitrogens is 5. The van der Waals surface area contributed by atoms with Gasteiger partial charge in [-0.15, -0.1) is 0 Å². The molecule has 2 aromatic carbocycles. The van der Waals surface area contributed by atoms with Gasteiger partial charge in [-0.3, -0.25) is 4.90 Å². The number of nitrogens with zero attached hydrogens (tertiary/aromatic N) is 6. The van der Waals surface area contributed by atoms with Crippen LogP contribution in [-0.4, -0.2) is 88.3 Å². The van der Waals surface area contributed by atoms with Crippen LogP contribution in [0.15, 0.2) is 67.1 Å². The van der Waals surface area contributed by atoms with Crippen LogP contribution in [0.3, 0.4) is 0 Å². The average molecular weight is 599 g/mol. The van der Waals surface area contributed by atoms with E-state index >= 15 is 4.39 Å². The summed E-state index contributed by atoms with van der Waals surface area (Å²) < 4.78 is 32.3. The maximum absolute atomic E-state index is 15.4. The number of anilines is 2. The molecule has 0 saturated carbocycles. The molecule has 0 radical (unpaired) electrons. The Balaban J connectivity index is 1.21. The first kappa shape index (κ1) is 29.4. The van der Waals surface area contributed by atoms with E-state index in [1.807, 2.05) is 12.1 Å². The van der Waals surface area contributed by atoms with E-state index in [1.165, 1.54) is 11.6 Å². The van der Waals surface area contributed by atoms with Crippen LogP contribution in [-0.2, 0) is 17.9 Å². The van der Waals surface area contributed by atoms with Gasteiger partial charge in [-0.05, 0) is 42.9 Å². The lowest BCUT2D eigenvalue weighted by atomic mass is 10.1. The summed E-state index contributed by atoms with van der Waals surface area (Å²) in [5, 5.41) is 3.85. The van der Waals surface area contributed by atoms with Gasteiger partial charge in [0, 0.05) is 81.3 Å². The van der Waals surface area contributed by atoms with Crippen molar-refractivity contribution in [2.24, 2.45) is 0 Å². The molecule has 228 valence electrons. The number of likely N-dealkylation sites (N-methyl/N-ethyl adjacent to an activating group) is 1. The molecule has 0 spiro atoms. The Labute approximate surface area is 255 Å². The number of halogens is 1. The van der Waals surface area contributed by atoms with Crippen molar-refractivity contribution < 1.29 is 18.6 Å². The minimum absolute atomic E-state index is 0.132. The van der Waals surface area contributed by atoms with Crippen molar-refractivity contribution in [1.29, 1.82) is 0 Å². The first-order valence-corrected chi connectivity index (χ1v) is 14.5. The summed E-state index contributed by atoms with van der Waals surface area (Å²) in [6, 6.07) is 14.7. The average Bonchev–Trinajstić information content (AvgIpc) is 3.47. The molecule has 0 unspecified atom stereocenters. The van der Waals surface area contributed by atoms with Gasteiger partial charge in [-0.2, -0.15) is 9.97 Å². The summed E-state index contributed by atoms with van der Waals surface area (Å²) in [4.78, 5) is 25.6. The molecule has 0 atom stereocenters. The molecule has 4 heterocycles. The molecule has 1 aliphatic rings. The van der Waals surface area contributed by atoms with Crippen LogP contribution in [0, 0.1) is 5.82 Å². The second-order valence-corrected chi connectivity index (χ2v) is 10.6. The van der Waals surface area contributed by atoms with Crippen LogP contribution in [0.2, 0.25) is 0 Å². The molecule has 1 aliphatic heterocycles. The minimum Gasteiger partial charge on any atom is -0.486 e. The van der Waals surface area contributed by atoms with Crippen molar-refractivity contribution in [2.75, 3.05) is 58.9 Å². The molecule has 0 aliphatic carbocycles. The highest BCUT2D eigenvalue weighted by molar-refractivity contribution is 5.98. The van der Waals surface area contributed by atoms with E-state index in [4.69, 9.17) is 14.2 Å². The molecular formula is C32H35FN8O3. The summed E-state index contributed by atoms with van der Waals surface area (Å²) in [5.74, 6) is 1.09. The number of hydrogen-bond acceptors (Lipinski definition) is 10. The van der Waals surface area contributed by atoms with E-state index in [0.717, 1.165) is 38.4 Å². The van der Waals surface area contributed by atoms with Crippen LogP contribution in [0.5, 0.6) is 11.6 Å². The molecule has 3 aromatic heterocycles. The SMILES string of the molecule is COCCOc1nc(Nc2ccc(CN3CCN(C)CC3)cc2)nc2[nH]cc(-c3ccc(OCc4ncccn4)cc3F)c12. The highest BCUT2D eigenvalue weighted by Crippen LogP contribution is 2.37. The molecule has 0 amide bonds. The Morgan fingerprint density at radius 2 is 1.73 bits per heavy atom. The third-order valence-corrected chi connectivity index (χ3v) is 7.45. The third kappa shape index (κ3) is 7.10. The Hall–Kier alpha value is -4.65. The van der Waals surface area contributed by atoms with Gasteiger partial charge in [-0.25, -0.2) is 14.4 Å². The normalized spacial score (nSPS) is 14.2. The van der Waals surface area contributed by atoms with Gasteiger partial charge in [0.25, 0.3) is 0 Å². The maximum atomic E-state index is 15.4. The number of benzene rings is 2. The van der Waals surface area contributed by atoms with Crippen LogP contribution < -0.4 is 14.8 Å².